The zero-order valence-electron chi connectivity index (χ0n) is 9.64. The Labute approximate surface area is 99.2 Å². The van der Waals surface area contributed by atoms with Crippen LogP contribution in [0.2, 0.25) is 0 Å². The molecule has 90 valence electrons. The molecule has 0 saturated carbocycles. The second-order valence-corrected chi connectivity index (χ2v) is 4.32. The summed E-state index contributed by atoms with van der Waals surface area (Å²) in [6.07, 6.45) is 0. The first-order valence-electron chi connectivity index (χ1n) is 4.90. The minimum absolute atomic E-state index is 0.161. The molecule has 1 aromatic rings. The molecular weight excluding hydrogens is 228 g/mol. The summed E-state index contributed by atoms with van der Waals surface area (Å²) in [5.74, 6) is 1.93. The van der Waals surface area contributed by atoms with Crippen LogP contribution in [-0.2, 0) is 0 Å². The van der Waals surface area contributed by atoms with Crippen molar-refractivity contribution in [2.45, 2.75) is 12.1 Å². The van der Waals surface area contributed by atoms with E-state index in [4.69, 9.17) is 14.6 Å². The van der Waals surface area contributed by atoms with Crippen molar-refractivity contribution in [3.05, 3.63) is 6.07 Å². The van der Waals surface area contributed by atoms with Crippen molar-refractivity contribution in [2.24, 2.45) is 5.92 Å². The monoisotopic (exact) mass is 244 g/mol. The van der Waals surface area contributed by atoms with Gasteiger partial charge in [-0.15, -0.1) is 0 Å². The number of hydrogen-bond acceptors (Lipinski definition) is 6. The summed E-state index contributed by atoms with van der Waals surface area (Å²) in [4.78, 5) is 8.35. The largest absolute Gasteiger partial charge is 0.481 e. The number of ether oxygens (including phenoxy) is 2. The average Bonchev–Trinajstić information content (AvgIpc) is 2.35. The third-order valence-electron chi connectivity index (χ3n) is 1.89. The fourth-order valence-electron chi connectivity index (χ4n) is 0.927. The number of rotatable bonds is 6. The fourth-order valence-corrected chi connectivity index (χ4v) is 1.77. The number of aliphatic hydroxyl groups is 1. The van der Waals surface area contributed by atoms with Crippen LogP contribution >= 0.6 is 11.8 Å². The Morgan fingerprint density at radius 1 is 1.31 bits per heavy atom. The van der Waals surface area contributed by atoms with E-state index in [0.29, 0.717) is 16.9 Å². The molecule has 1 N–H and O–H groups in total. The quantitative estimate of drug-likeness (QED) is 0.599. The zero-order valence-corrected chi connectivity index (χ0v) is 10.5. The second-order valence-electron chi connectivity index (χ2n) is 3.33. The molecule has 1 aromatic heterocycles. The van der Waals surface area contributed by atoms with E-state index in [0.717, 1.165) is 5.75 Å². The number of thioether (sulfide) groups is 1. The molecule has 0 aromatic carbocycles. The van der Waals surface area contributed by atoms with Gasteiger partial charge in [0.15, 0.2) is 5.16 Å². The van der Waals surface area contributed by atoms with E-state index >= 15 is 0 Å². The molecule has 1 heterocycles. The highest BCUT2D eigenvalue weighted by atomic mass is 32.2. The molecular formula is C10H16N2O3S. The van der Waals surface area contributed by atoms with E-state index in [1.54, 1.807) is 20.3 Å². The minimum Gasteiger partial charge on any atom is -0.481 e. The van der Waals surface area contributed by atoms with Gasteiger partial charge in [0, 0.05) is 12.4 Å². The molecule has 1 atom stereocenters. The van der Waals surface area contributed by atoms with Crippen LogP contribution < -0.4 is 9.47 Å². The SMILES string of the molecule is COc1cc(OC)nc(SCC(C)CO)n1. The van der Waals surface area contributed by atoms with Crippen molar-refractivity contribution in [1.29, 1.82) is 0 Å². The minimum atomic E-state index is 0.161. The van der Waals surface area contributed by atoms with Gasteiger partial charge in [-0.2, -0.15) is 9.97 Å². The lowest BCUT2D eigenvalue weighted by atomic mass is 10.2. The van der Waals surface area contributed by atoms with Crippen molar-refractivity contribution in [1.82, 2.24) is 9.97 Å². The van der Waals surface area contributed by atoms with Crippen LogP contribution in [0.4, 0.5) is 0 Å². The summed E-state index contributed by atoms with van der Waals surface area (Å²) in [6.45, 7) is 2.12. The molecule has 5 nitrogen and oxygen atoms in total. The van der Waals surface area contributed by atoms with Gasteiger partial charge in [0.2, 0.25) is 11.8 Å². The van der Waals surface area contributed by atoms with Gasteiger partial charge >= 0.3 is 0 Å². The normalized spacial score (nSPS) is 12.2. The number of aromatic nitrogens is 2. The first-order chi connectivity index (χ1) is 7.69. The van der Waals surface area contributed by atoms with Gasteiger partial charge in [-0.3, -0.25) is 0 Å². The van der Waals surface area contributed by atoms with E-state index < -0.39 is 0 Å². The molecule has 16 heavy (non-hydrogen) atoms. The molecule has 6 heteroatoms. The maximum atomic E-state index is 8.91. The molecule has 0 bridgehead atoms. The maximum absolute atomic E-state index is 8.91. The number of nitrogens with zero attached hydrogens (tertiary/aromatic N) is 2. The smallest absolute Gasteiger partial charge is 0.220 e. The first-order valence-corrected chi connectivity index (χ1v) is 5.88. The van der Waals surface area contributed by atoms with Crippen LogP contribution in [0.3, 0.4) is 0 Å². The van der Waals surface area contributed by atoms with Crippen LogP contribution in [0.15, 0.2) is 11.2 Å². The lowest BCUT2D eigenvalue weighted by Crippen LogP contribution is -2.04. The predicted molar refractivity (Wildman–Crippen MR) is 62.1 cm³/mol. The summed E-state index contributed by atoms with van der Waals surface area (Å²) in [7, 11) is 3.10. The van der Waals surface area contributed by atoms with Crippen LogP contribution in [0.5, 0.6) is 11.8 Å². The molecule has 0 aliphatic heterocycles. The van der Waals surface area contributed by atoms with Crippen LogP contribution in [0.1, 0.15) is 6.92 Å². The Kier molecular flexibility index (Phi) is 5.34. The summed E-state index contributed by atoms with van der Waals surface area (Å²) in [6, 6.07) is 1.62. The van der Waals surface area contributed by atoms with Gasteiger partial charge in [0.1, 0.15) is 0 Å². The van der Waals surface area contributed by atoms with Crippen LogP contribution in [0.25, 0.3) is 0 Å². The molecule has 1 rings (SSSR count). The Bertz CT molecular complexity index is 314. The molecule has 0 saturated heterocycles. The maximum Gasteiger partial charge on any atom is 0.220 e. The topological polar surface area (TPSA) is 64.5 Å². The number of hydrogen-bond donors (Lipinski definition) is 1. The lowest BCUT2D eigenvalue weighted by molar-refractivity contribution is 0.250. The van der Waals surface area contributed by atoms with Gasteiger partial charge < -0.3 is 14.6 Å². The predicted octanol–water partition coefficient (Wildman–Crippen LogP) is 1.21. The second kappa shape index (κ2) is 6.55. The van der Waals surface area contributed by atoms with E-state index in [1.807, 2.05) is 6.92 Å². The summed E-state index contributed by atoms with van der Waals surface area (Å²) < 4.78 is 10.1. The fraction of sp³-hybridized carbons (Fsp3) is 0.600. The van der Waals surface area contributed by atoms with Gasteiger partial charge in [-0.25, -0.2) is 0 Å². The van der Waals surface area contributed by atoms with Gasteiger partial charge in [-0.05, 0) is 5.92 Å². The van der Waals surface area contributed by atoms with E-state index in [9.17, 15) is 0 Å². The van der Waals surface area contributed by atoms with Crippen molar-refractivity contribution < 1.29 is 14.6 Å². The van der Waals surface area contributed by atoms with Crippen LogP contribution in [0, 0.1) is 5.92 Å². The summed E-state index contributed by atoms with van der Waals surface area (Å²) >= 11 is 1.47. The molecule has 0 aliphatic rings. The van der Waals surface area contributed by atoms with Crippen molar-refractivity contribution in [3.63, 3.8) is 0 Å². The Balaban J connectivity index is 2.71. The highest BCUT2D eigenvalue weighted by Crippen LogP contribution is 2.22. The van der Waals surface area contributed by atoms with Crippen molar-refractivity contribution in [2.75, 3.05) is 26.6 Å². The van der Waals surface area contributed by atoms with Crippen molar-refractivity contribution in [3.8, 4) is 11.8 Å². The Morgan fingerprint density at radius 2 is 1.88 bits per heavy atom. The number of aliphatic hydroxyl groups excluding tert-OH is 1. The first kappa shape index (κ1) is 13.1. The van der Waals surface area contributed by atoms with Crippen LogP contribution in [-0.4, -0.2) is 41.7 Å². The standard InChI is InChI=1S/C10H16N2O3S/c1-7(5-13)6-16-10-11-8(14-2)4-9(12-10)15-3/h4,7,13H,5-6H2,1-3H3. The molecule has 0 fully saturated rings. The van der Waals surface area contributed by atoms with E-state index in [1.165, 1.54) is 11.8 Å². The van der Waals surface area contributed by atoms with E-state index in [2.05, 4.69) is 9.97 Å². The Morgan fingerprint density at radius 3 is 2.31 bits per heavy atom. The molecule has 0 spiro atoms. The molecule has 0 radical (unpaired) electrons. The third-order valence-corrected chi connectivity index (χ3v) is 3.06. The van der Waals surface area contributed by atoms with E-state index in [-0.39, 0.29) is 12.5 Å². The molecule has 0 amide bonds. The van der Waals surface area contributed by atoms with Crippen molar-refractivity contribution >= 4 is 11.8 Å². The van der Waals surface area contributed by atoms with Gasteiger partial charge in [0.25, 0.3) is 0 Å². The molecule has 0 aliphatic carbocycles. The average molecular weight is 244 g/mol. The number of methoxy groups -OCH3 is 2. The van der Waals surface area contributed by atoms with Gasteiger partial charge in [-0.1, -0.05) is 18.7 Å². The van der Waals surface area contributed by atoms with Gasteiger partial charge in [0.05, 0.1) is 20.3 Å². The summed E-state index contributed by atoms with van der Waals surface area (Å²) in [5.41, 5.74) is 0. The summed E-state index contributed by atoms with van der Waals surface area (Å²) in [5, 5.41) is 9.50. The molecule has 1 unspecified atom stereocenters. The lowest BCUT2D eigenvalue weighted by Gasteiger charge is -2.08. The highest BCUT2D eigenvalue weighted by molar-refractivity contribution is 7.99. The zero-order chi connectivity index (χ0) is 12.0. The third kappa shape index (κ3) is 3.86. The highest BCUT2D eigenvalue weighted by Gasteiger charge is 2.08. The Hall–Kier alpha value is -1.01.